The lowest BCUT2D eigenvalue weighted by Gasteiger charge is -2.30. The SMILES string of the molecule is CCCC(C)C(C(=O)O)N(CC)CC. The van der Waals surface area contributed by atoms with E-state index in [1.54, 1.807) is 0 Å². The van der Waals surface area contributed by atoms with E-state index in [4.69, 9.17) is 5.11 Å². The molecule has 0 bridgehead atoms. The van der Waals surface area contributed by atoms with Crippen LogP contribution in [0.15, 0.2) is 0 Å². The zero-order valence-corrected chi connectivity index (χ0v) is 9.79. The molecule has 0 aliphatic carbocycles. The highest BCUT2D eigenvalue weighted by atomic mass is 16.4. The van der Waals surface area contributed by atoms with Crippen LogP contribution in [0.5, 0.6) is 0 Å². The molecule has 0 aliphatic rings. The summed E-state index contributed by atoms with van der Waals surface area (Å²) in [5, 5.41) is 9.16. The third-order valence-corrected chi connectivity index (χ3v) is 2.74. The summed E-state index contributed by atoms with van der Waals surface area (Å²) < 4.78 is 0. The third kappa shape index (κ3) is 3.66. The largest absolute Gasteiger partial charge is 0.480 e. The Labute approximate surface area is 87.1 Å². The van der Waals surface area contributed by atoms with Crippen LogP contribution in [0.3, 0.4) is 0 Å². The molecular weight excluding hydrogens is 178 g/mol. The van der Waals surface area contributed by atoms with Gasteiger partial charge < -0.3 is 5.11 Å². The average Bonchev–Trinajstić information content (AvgIpc) is 2.13. The summed E-state index contributed by atoms with van der Waals surface area (Å²) in [6, 6.07) is -0.315. The van der Waals surface area contributed by atoms with Gasteiger partial charge in [0.05, 0.1) is 0 Å². The van der Waals surface area contributed by atoms with Crippen LogP contribution < -0.4 is 0 Å². The number of likely N-dealkylation sites (N-methyl/N-ethyl adjacent to an activating group) is 1. The predicted octanol–water partition coefficient (Wildman–Crippen LogP) is 2.22. The molecule has 0 spiro atoms. The van der Waals surface area contributed by atoms with E-state index in [1.165, 1.54) is 0 Å². The number of aliphatic carboxylic acids is 1. The number of rotatable bonds is 7. The molecule has 0 saturated carbocycles. The lowest BCUT2D eigenvalue weighted by Crippen LogP contribution is -2.45. The summed E-state index contributed by atoms with van der Waals surface area (Å²) in [6.45, 7) is 9.76. The molecule has 3 heteroatoms. The van der Waals surface area contributed by atoms with Crippen molar-refractivity contribution in [2.45, 2.75) is 46.6 Å². The molecule has 0 amide bonds. The Morgan fingerprint density at radius 3 is 2.07 bits per heavy atom. The van der Waals surface area contributed by atoms with Crippen molar-refractivity contribution in [1.29, 1.82) is 0 Å². The molecule has 0 aromatic heterocycles. The molecule has 0 fully saturated rings. The second-order valence-electron chi connectivity index (χ2n) is 3.77. The minimum absolute atomic E-state index is 0.234. The fourth-order valence-electron chi connectivity index (χ4n) is 1.99. The number of carboxylic acids is 1. The summed E-state index contributed by atoms with van der Waals surface area (Å²) in [4.78, 5) is 13.1. The van der Waals surface area contributed by atoms with E-state index < -0.39 is 5.97 Å². The Morgan fingerprint density at radius 1 is 1.29 bits per heavy atom. The van der Waals surface area contributed by atoms with Crippen molar-refractivity contribution in [3.63, 3.8) is 0 Å². The van der Waals surface area contributed by atoms with Gasteiger partial charge in [-0.15, -0.1) is 0 Å². The molecule has 2 atom stereocenters. The lowest BCUT2D eigenvalue weighted by atomic mass is 9.95. The van der Waals surface area contributed by atoms with Gasteiger partial charge in [-0.3, -0.25) is 9.69 Å². The van der Waals surface area contributed by atoms with Crippen molar-refractivity contribution in [1.82, 2.24) is 4.90 Å². The van der Waals surface area contributed by atoms with Crippen LogP contribution in [0.4, 0.5) is 0 Å². The van der Waals surface area contributed by atoms with Gasteiger partial charge in [-0.25, -0.2) is 0 Å². The molecule has 0 aromatic rings. The van der Waals surface area contributed by atoms with E-state index in [0.717, 1.165) is 25.9 Å². The first-order valence-corrected chi connectivity index (χ1v) is 5.55. The lowest BCUT2D eigenvalue weighted by molar-refractivity contribution is -0.145. The van der Waals surface area contributed by atoms with Gasteiger partial charge in [-0.1, -0.05) is 34.1 Å². The van der Waals surface area contributed by atoms with Gasteiger partial charge in [0.1, 0.15) is 6.04 Å². The molecule has 2 unspecified atom stereocenters. The maximum Gasteiger partial charge on any atom is 0.321 e. The Morgan fingerprint density at radius 2 is 1.79 bits per heavy atom. The average molecular weight is 201 g/mol. The van der Waals surface area contributed by atoms with E-state index >= 15 is 0 Å². The van der Waals surface area contributed by atoms with E-state index in [-0.39, 0.29) is 12.0 Å². The molecular formula is C11H23NO2. The van der Waals surface area contributed by atoms with E-state index in [0.29, 0.717) is 0 Å². The van der Waals surface area contributed by atoms with Gasteiger partial charge in [-0.2, -0.15) is 0 Å². The van der Waals surface area contributed by atoms with Crippen molar-refractivity contribution >= 4 is 5.97 Å². The van der Waals surface area contributed by atoms with Gasteiger partial charge in [-0.05, 0) is 25.4 Å². The van der Waals surface area contributed by atoms with Crippen LogP contribution in [-0.4, -0.2) is 35.1 Å². The minimum Gasteiger partial charge on any atom is -0.480 e. The highest BCUT2D eigenvalue weighted by molar-refractivity contribution is 5.73. The minimum atomic E-state index is -0.686. The van der Waals surface area contributed by atoms with Crippen LogP contribution in [0.25, 0.3) is 0 Å². The van der Waals surface area contributed by atoms with Gasteiger partial charge >= 0.3 is 5.97 Å². The van der Waals surface area contributed by atoms with Crippen LogP contribution in [0, 0.1) is 5.92 Å². The molecule has 0 rings (SSSR count). The number of carboxylic acid groups (broad SMARTS) is 1. The summed E-state index contributed by atoms with van der Waals surface area (Å²) in [7, 11) is 0. The van der Waals surface area contributed by atoms with Crippen LogP contribution in [0.1, 0.15) is 40.5 Å². The van der Waals surface area contributed by atoms with Crippen LogP contribution in [0.2, 0.25) is 0 Å². The van der Waals surface area contributed by atoms with Crippen molar-refractivity contribution < 1.29 is 9.90 Å². The summed E-state index contributed by atoms with van der Waals surface area (Å²) in [6.07, 6.45) is 2.03. The second-order valence-corrected chi connectivity index (χ2v) is 3.77. The maximum atomic E-state index is 11.1. The van der Waals surface area contributed by atoms with Crippen molar-refractivity contribution in [2.75, 3.05) is 13.1 Å². The highest BCUT2D eigenvalue weighted by Crippen LogP contribution is 2.16. The highest BCUT2D eigenvalue weighted by Gasteiger charge is 2.28. The topological polar surface area (TPSA) is 40.5 Å². The zero-order chi connectivity index (χ0) is 11.1. The van der Waals surface area contributed by atoms with Crippen molar-refractivity contribution in [3.05, 3.63) is 0 Å². The van der Waals surface area contributed by atoms with Gasteiger partial charge in [0.2, 0.25) is 0 Å². The normalized spacial score (nSPS) is 15.5. The van der Waals surface area contributed by atoms with Gasteiger partial charge in [0.15, 0.2) is 0 Å². The standard InChI is InChI=1S/C11H23NO2/c1-5-8-9(4)10(11(13)14)12(6-2)7-3/h9-10H,5-8H2,1-4H3,(H,13,14). The second kappa shape index (κ2) is 6.82. The van der Waals surface area contributed by atoms with Crippen LogP contribution in [-0.2, 0) is 4.79 Å². The number of hydrogen-bond donors (Lipinski definition) is 1. The first-order valence-electron chi connectivity index (χ1n) is 5.55. The van der Waals surface area contributed by atoms with Crippen LogP contribution >= 0.6 is 0 Å². The monoisotopic (exact) mass is 201 g/mol. The Balaban J connectivity index is 4.47. The Kier molecular flexibility index (Phi) is 6.54. The van der Waals surface area contributed by atoms with Crippen molar-refractivity contribution in [3.8, 4) is 0 Å². The quantitative estimate of drug-likeness (QED) is 0.686. The summed E-state index contributed by atoms with van der Waals surface area (Å²) in [5.74, 6) is -0.452. The molecule has 0 aromatic carbocycles. The zero-order valence-electron chi connectivity index (χ0n) is 9.79. The van der Waals surface area contributed by atoms with E-state index in [1.807, 2.05) is 25.7 Å². The van der Waals surface area contributed by atoms with E-state index in [2.05, 4.69) is 6.92 Å². The fraction of sp³-hybridized carbons (Fsp3) is 0.909. The molecule has 0 saturated heterocycles. The molecule has 0 heterocycles. The molecule has 14 heavy (non-hydrogen) atoms. The molecule has 3 nitrogen and oxygen atoms in total. The Hall–Kier alpha value is -0.570. The smallest absolute Gasteiger partial charge is 0.321 e. The fourth-order valence-corrected chi connectivity index (χ4v) is 1.99. The van der Waals surface area contributed by atoms with Gasteiger partial charge in [0.25, 0.3) is 0 Å². The predicted molar refractivity (Wildman–Crippen MR) is 58.4 cm³/mol. The molecule has 0 aliphatic heterocycles. The number of hydrogen-bond acceptors (Lipinski definition) is 2. The van der Waals surface area contributed by atoms with Gasteiger partial charge in [0, 0.05) is 0 Å². The first kappa shape index (κ1) is 13.4. The third-order valence-electron chi connectivity index (χ3n) is 2.74. The first-order chi connectivity index (χ1) is 6.58. The number of carbonyl (C=O) groups is 1. The maximum absolute atomic E-state index is 11.1. The summed E-state index contributed by atoms with van der Waals surface area (Å²) in [5.41, 5.74) is 0. The number of nitrogens with zero attached hydrogens (tertiary/aromatic N) is 1. The summed E-state index contributed by atoms with van der Waals surface area (Å²) >= 11 is 0. The molecule has 0 radical (unpaired) electrons. The van der Waals surface area contributed by atoms with E-state index in [9.17, 15) is 4.79 Å². The Bertz CT molecular complexity index is 167. The van der Waals surface area contributed by atoms with Crippen molar-refractivity contribution in [2.24, 2.45) is 5.92 Å². The molecule has 84 valence electrons. The molecule has 1 N–H and O–H groups in total.